The molecular weight excluding hydrogens is 232 g/mol. The van der Waals surface area contributed by atoms with Gasteiger partial charge in [0.2, 0.25) is 5.82 Å². The molecule has 0 bridgehead atoms. The van der Waals surface area contributed by atoms with Crippen LogP contribution in [-0.4, -0.2) is 29.5 Å². The summed E-state index contributed by atoms with van der Waals surface area (Å²) in [4.78, 5) is 14.7. The number of anilines is 1. The number of nitro groups is 1. The lowest BCUT2D eigenvalue weighted by atomic mass is 9.98. The minimum absolute atomic E-state index is 0.0592. The maximum absolute atomic E-state index is 10.9. The van der Waals surface area contributed by atoms with E-state index in [9.17, 15) is 10.1 Å². The van der Waals surface area contributed by atoms with E-state index in [0.29, 0.717) is 11.7 Å². The molecule has 2 rings (SSSR count). The Labute approximate surface area is 106 Å². The number of nitrogens with one attached hydrogen (secondary N) is 2. The van der Waals surface area contributed by atoms with Crippen LogP contribution in [0.5, 0.6) is 0 Å². The Bertz CT molecular complexity index is 430. The van der Waals surface area contributed by atoms with Crippen LogP contribution in [0.25, 0.3) is 0 Å². The van der Waals surface area contributed by atoms with Gasteiger partial charge in [-0.25, -0.2) is 4.98 Å². The quantitative estimate of drug-likeness (QED) is 0.628. The summed E-state index contributed by atoms with van der Waals surface area (Å²) in [6, 6.07) is 1.55. The molecule has 0 saturated carbocycles. The SMILES string of the molecule is Cc1cnc(NCC2CCNCC2)c([N+](=O)[O-])c1. The lowest BCUT2D eigenvalue weighted by Gasteiger charge is -2.22. The number of rotatable bonds is 4. The first kappa shape index (κ1) is 12.8. The molecule has 0 aromatic carbocycles. The van der Waals surface area contributed by atoms with E-state index < -0.39 is 0 Å². The molecule has 2 N–H and O–H groups in total. The van der Waals surface area contributed by atoms with Crippen molar-refractivity contribution in [1.82, 2.24) is 10.3 Å². The third-order valence-corrected chi connectivity index (χ3v) is 3.22. The highest BCUT2D eigenvalue weighted by Gasteiger charge is 2.18. The second kappa shape index (κ2) is 5.77. The van der Waals surface area contributed by atoms with Crippen LogP contribution in [-0.2, 0) is 0 Å². The van der Waals surface area contributed by atoms with E-state index in [1.807, 2.05) is 0 Å². The van der Waals surface area contributed by atoms with Crippen LogP contribution in [0.3, 0.4) is 0 Å². The average molecular weight is 250 g/mol. The Kier molecular flexibility index (Phi) is 4.09. The third kappa shape index (κ3) is 3.16. The van der Waals surface area contributed by atoms with Crippen molar-refractivity contribution >= 4 is 11.5 Å². The normalized spacial score (nSPS) is 16.5. The van der Waals surface area contributed by atoms with Crippen LogP contribution in [0.4, 0.5) is 11.5 Å². The Balaban J connectivity index is 2.01. The monoisotopic (exact) mass is 250 g/mol. The first-order valence-corrected chi connectivity index (χ1v) is 6.22. The van der Waals surface area contributed by atoms with Crippen LogP contribution < -0.4 is 10.6 Å². The van der Waals surface area contributed by atoms with E-state index in [1.54, 1.807) is 19.2 Å². The number of nitrogens with zero attached hydrogens (tertiary/aromatic N) is 2. The zero-order valence-corrected chi connectivity index (χ0v) is 10.5. The van der Waals surface area contributed by atoms with Gasteiger partial charge in [-0.1, -0.05) is 0 Å². The molecule has 6 nitrogen and oxygen atoms in total. The number of hydrogen-bond acceptors (Lipinski definition) is 5. The molecule has 0 unspecified atom stereocenters. The maximum atomic E-state index is 10.9. The van der Waals surface area contributed by atoms with Gasteiger partial charge in [0.25, 0.3) is 0 Å². The highest BCUT2D eigenvalue weighted by atomic mass is 16.6. The molecule has 0 radical (unpaired) electrons. The smallest absolute Gasteiger partial charge is 0.311 e. The van der Waals surface area contributed by atoms with Crippen molar-refractivity contribution in [2.45, 2.75) is 19.8 Å². The summed E-state index contributed by atoms with van der Waals surface area (Å²) < 4.78 is 0. The zero-order chi connectivity index (χ0) is 13.0. The fourth-order valence-electron chi connectivity index (χ4n) is 2.16. The molecule has 18 heavy (non-hydrogen) atoms. The average Bonchev–Trinajstić information content (AvgIpc) is 2.38. The van der Waals surface area contributed by atoms with Gasteiger partial charge in [0.05, 0.1) is 4.92 Å². The Hall–Kier alpha value is -1.69. The van der Waals surface area contributed by atoms with E-state index in [2.05, 4.69) is 15.6 Å². The summed E-state index contributed by atoms with van der Waals surface area (Å²) >= 11 is 0. The molecule has 1 fully saturated rings. The summed E-state index contributed by atoms with van der Waals surface area (Å²) in [6.07, 6.45) is 3.86. The Morgan fingerprint density at radius 3 is 2.94 bits per heavy atom. The predicted molar refractivity (Wildman–Crippen MR) is 69.7 cm³/mol. The molecule has 0 aliphatic carbocycles. The Morgan fingerprint density at radius 2 is 2.28 bits per heavy atom. The van der Waals surface area contributed by atoms with Gasteiger partial charge >= 0.3 is 5.69 Å². The van der Waals surface area contributed by atoms with Crippen LogP contribution in [0.2, 0.25) is 0 Å². The molecule has 0 atom stereocenters. The van der Waals surface area contributed by atoms with Crippen molar-refractivity contribution in [3.8, 4) is 0 Å². The second-order valence-corrected chi connectivity index (χ2v) is 4.71. The number of piperidine rings is 1. The standard InChI is InChI=1S/C12H18N4O2/c1-9-6-11(16(17)18)12(14-7-9)15-8-10-2-4-13-5-3-10/h6-7,10,13H,2-5,8H2,1H3,(H,14,15). The molecule has 0 amide bonds. The van der Waals surface area contributed by atoms with Crippen molar-refractivity contribution in [1.29, 1.82) is 0 Å². The molecule has 1 aliphatic heterocycles. The lowest BCUT2D eigenvalue weighted by Crippen LogP contribution is -2.31. The van der Waals surface area contributed by atoms with Crippen LogP contribution in [0.15, 0.2) is 12.3 Å². The van der Waals surface area contributed by atoms with Crippen LogP contribution >= 0.6 is 0 Å². The molecule has 1 aliphatic rings. The van der Waals surface area contributed by atoms with Gasteiger partial charge in [-0.05, 0) is 44.3 Å². The lowest BCUT2D eigenvalue weighted by molar-refractivity contribution is -0.384. The molecule has 1 aromatic rings. The van der Waals surface area contributed by atoms with Crippen molar-refractivity contribution in [2.24, 2.45) is 5.92 Å². The van der Waals surface area contributed by atoms with Gasteiger partial charge in [-0.2, -0.15) is 0 Å². The van der Waals surface area contributed by atoms with E-state index in [1.165, 1.54) is 0 Å². The topological polar surface area (TPSA) is 80.1 Å². The van der Waals surface area contributed by atoms with Crippen molar-refractivity contribution < 1.29 is 4.92 Å². The number of aryl methyl sites for hydroxylation is 1. The van der Waals surface area contributed by atoms with Crippen molar-refractivity contribution in [2.75, 3.05) is 25.0 Å². The molecule has 98 valence electrons. The van der Waals surface area contributed by atoms with Gasteiger partial charge in [-0.3, -0.25) is 10.1 Å². The summed E-state index contributed by atoms with van der Waals surface area (Å²) in [5, 5.41) is 17.3. The minimum atomic E-state index is -0.384. The zero-order valence-electron chi connectivity index (χ0n) is 10.5. The fraction of sp³-hybridized carbons (Fsp3) is 0.583. The summed E-state index contributed by atoms with van der Waals surface area (Å²) in [6.45, 7) is 4.60. The van der Waals surface area contributed by atoms with Crippen LogP contribution in [0.1, 0.15) is 18.4 Å². The van der Waals surface area contributed by atoms with Gasteiger partial charge in [-0.15, -0.1) is 0 Å². The number of pyridine rings is 1. The minimum Gasteiger partial charge on any atom is -0.364 e. The first-order chi connectivity index (χ1) is 8.66. The molecule has 0 spiro atoms. The predicted octanol–water partition coefficient (Wildman–Crippen LogP) is 1.71. The number of aromatic nitrogens is 1. The van der Waals surface area contributed by atoms with Crippen molar-refractivity contribution in [3.63, 3.8) is 0 Å². The van der Waals surface area contributed by atoms with Crippen molar-refractivity contribution in [3.05, 3.63) is 27.9 Å². The molecule has 6 heteroatoms. The highest BCUT2D eigenvalue weighted by molar-refractivity contribution is 5.56. The van der Waals surface area contributed by atoms with E-state index in [0.717, 1.165) is 38.0 Å². The molecule has 1 saturated heterocycles. The Morgan fingerprint density at radius 1 is 1.56 bits per heavy atom. The molecule has 2 heterocycles. The van der Waals surface area contributed by atoms with Gasteiger partial charge in [0.1, 0.15) is 0 Å². The molecule has 1 aromatic heterocycles. The van der Waals surface area contributed by atoms with E-state index in [-0.39, 0.29) is 10.6 Å². The van der Waals surface area contributed by atoms with E-state index in [4.69, 9.17) is 0 Å². The maximum Gasteiger partial charge on any atom is 0.311 e. The first-order valence-electron chi connectivity index (χ1n) is 6.22. The third-order valence-electron chi connectivity index (χ3n) is 3.22. The van der Waals surface area contributed by atoms with Gasteiger partial charge < -0.3 is 10.6 Å². The number of hydrogen-bond donors (Lipinski definition) is 2. The fourth-order valence-corrected chi connectivity index (χ4v) is 2.16. The largest absolute Gasteiger partial charge is 0.364 e. The summed E-state index contributed by atoms with van der Waals surface area (Å²) in [7, 11) is 0. The highest BCUT2D eigenvalue weighted by Crippen LogP contribution is 2.23. The van der Waals surface area contributed by atoms with E-state index >= 15 is 0 Å². The summed E-state index contributed by atoms with van der Waals surface area (Å²) in [5.41, 5.74) is 0.859. The van der Waals surface area contributed by atoms with Crippen LogP contribution in [0, 0.1) is 23.0 Å². The van der Waals surface area contributed by atoms with Gasteiger partial charge in [0, 0.05) is 18.8 Å². The van der Waals surface area contributed by atoms with Gasteiger partial charge in [0.15, 0.2) is 0 Å². The molecular formula is C12H18N4O2. The summed E-state index contributed by atoms with van der Waals surface area (Å²) in [5.74, 6) is 0.943. The second-order valence-electron chi connectivity index (χ2n) is 4.71.